The van der Waals surface area contributed by atoms with Crippen molar-refractivity contribution < 1.29 is 19.1 Å². The number of esters is 1. The topological polar surface area (TPSA) is 88.6 Å². The third-order valence-corrected chi connectivity index (χ3v) is 6.79. The SMILES string of the molecule is CCOC(=O)c1sc(NC(=O)[C@H]2CS[C@]3(C)CCC(=O)N23)nc1C. The van der Waals surface area contributed by atoms with E-state index in [4.69, 9.17) is 4.74 Å². The molecule has 7 nitrogen and oxygen atoms in total. The maximum Gasteiger partial charge on any atom is 0.350 e. The number of aryl methyl sites for hydroxylation is 1. The van der Waals surface area contributed by atoms with Gasteiger partial charge < -0.3 is 15.0 Å². The average Bonchev–Trinajstić information content (AvgIpc) is 3.14. The number of anilines is 1. The van der Waals surface area contributed by atoms with Crippen molar-refractivity contribution in [2.75, 3.05) is 17.7 Å². The van der Waals surface area contributed by atoms with Crippen LogP contribution >= 0.6 is 23.1 Å². The lowest BCUT2D eigenvalue weighted by Crippen LogP contribution is -2.48. The third-order valence-electron chi connectivity index (χ3n) is 4.24. The summed E-state index contributed by atoms with van der Waals surface area (Å²) in [7, 11) is 0. The molecule has 1 aromatic heterocycles. The van der Waals surface area contributed by atoms with Crippen LogP contribution in [0.1, 0.15) is 42.1 Å². The van der Waals surface area contributed by atoms with Crippen LogP contribution in [0.3, 0.4) is 0 Å². The summed E-state index contributed by atoms with van der Waals surface area (Å²) >= 11 is 2.73. The molecule has 0 radical (unpaired) electrons. The minimum Gasteiger partial charge on any atom is -0.462 e. The Bertz CT molecular complexity index is 705. The third kappa shape index (κ3) is 2.90. The van der Waals surface area contributed by atoms with Gasteiger partial charge in [0, 0.05) is 12.2 Å². The molecule has 9 heteroatoms. The van der Waals surface area contributed by atoms with E-state index in [0.717, 1.165) is 17.8 Å². The number of carbonyl (C=O) groups excluding carboxylic acids is 3. The molecule has 130 valence electrons. The maximum atomic E-state index is 12.6. The van der Waals surface area contributed by atoms with Gasteiger partial charge in [-0.1, -0.05) is 11.3 Å². The number of fused-ring (bicyclic) bond motifs is 1. The van der Waals surface area contributed by atoms with Gasteiger partial charge in [0.05, 0.1) is 17.2 Å². The summed E-state index contributed by atoms with van der Waals surface area (Å²) in [5.41, 5.74) is 0.525. The maximum absolute atomic E-state index is 12.6. The van der Waals surface area contributed by atoms with Crippen molar-refractivity contribution in [3.8, 4) is 0 Å². The van der Waals surface area contributed by atoms with Gasteiger partial charge in [-0.3, -0.25) is 9.59 Å². The summed E-state index contributed by atoms with van der Waals surface area (Å²) in [5.74, 6) is -0.106. The van der Waals surface area contributed by atoms with E-state index < -0.39 is 12.0 Å². The van der Waals surface area contributed by atoms with Crippen LogP contribution < -0.4 is 5.32 Å². The van der Waals surface area contributed by atoms with Crippen LogP contribution in [0, 0.1) is 6.92 Å². The highest BCUT2D eigenvalue weighted by atomic mass is 32.2. The average molecular weight is 369 g/mol. The van der Waals surface area contributed by atoms with Gasteiger partial charge in [-0.2, -0.15) is 0 Å². The Morgan fingerprint density at radius 1 is 1.50 bits per heavy atom. The fourth-order valence-electron chi connectivity index (χ4n) is 3.04. The predicted octanol–water partition coefficient (Wildman–Crippen LogP) is 2.02. The summed E-state index contributed by atoms with van der Waals surface area (Å²) in [6.45, 7) is 5.72. The number of thiazole rings is 1. The van der Waals surface area contributed by atoms with Crippen molar-refractivity contribution in [3.63, 3.8) is 0 Å². The highest BCUT2D eigenvalue weighted by molar-refractivity contribution is 8.01. The Kier molecular flexibility index (Phi) is 4.56. The zero-order valence-corrected chi connectivity index (χ0v) is 15.4. The van der Waals surface area contributed by atoms with E-state index in [1.807, 2.05) is 6.92 Å². The van der Waals surface area contributed by atoms with Crippen molar-refractivity contribution in [2.24, 2.45) is 0 Å². The lowest BCUT2D eigenvalue weighted by Gasteiger charge is -2.29. The molecule has 0 aromatic carbocycles. The van der Waals surface area contributed by atoms with E-state index in [0.29, 0.717) is 27.9 Å². The van der Waals surface area contributed by atoms with Gasteiger partial charge in [0.15, 0.2) is 5.13 Å². The molecule has 0 bridgehead atoms. The first kappa shape index (κ1) is 17.2. The Labute approximate surface area is 148 Å². The summed E-state index contributed by atoms with van der Waals surface area (Å²) in [6.07, 6.45) is 1.25. The molecular formula is C15H19N3O4S2. The number of carbonyl (C=O) groups is 3. The number of nitrogens with zero attached hydrogens (tertiary/aromatic N) is 2. The van der Waals surface area contributed by atoms with Crippen LogP contribution in [0.15, 0.2) is 0 Å². The summed E-state index contributed by atoms with van der Waals surface area (Å²) in [6, 6.07) is -0.495. The minimum absolute atomic E-state index is 0.0187. The normalized spacial score (nSPS) is 25.7. The number of ether oxygens (including phenoxy) is 1. The molecule has 2 aliphatic heterocycles. The lowest BCUT2D eigenvalue weighted by molar-refractivity contribution is -0.135. The van der Waals surface area contributed by atoms with Crippen LogP contribution in [0.2, 0.25) is 0 Å². The first-order chi connectivity index (χ1) is 11.4. The van der Waals surface area contributed by atoms with Gasteiger partial charge in [-0.25, -0.2) is 9.78 Å². The van der Waals surface area contributed by atoms with Crippen LogP contribution in [0.5, 0.6) is 0 Å². The molecular weight excluding hydrogens is 350 g/mol. The van der Waals surface area contributed by atoms with Crippen molar-refractivity contribution in [1.82, 2.24) is 9.88 Å². The van der Waals surface area contributed by atoms with E-state index in [-0.39, 0.29) is 23.3 Å². The zero-order valence-electron chi connectivity index (χ0n) is 13.7. The van der Waals surface area contributed by atoms with Gasteiger partial charge in [-0.15, -0.1) is 11.8 Å². The molecule has 2 atom stereocenters. The van der Waals surface area contributed by atoms with Gasteiger partial charge in [0.1, 0.15) is 10.9 Å². The predicted molar refractivity (Wildman–Crippen MR) is 92.2 cm³/mol. The molecule has 0 unspecified atom stereocenters. The van der Waals surface area contributed by atoms with E-state index in [9.17, 15) is 14.4 Å². The van der Waals surface area contributed by atoms with Gasteiger partial charge in [0.25, 0.3) is 0 Å². The molecule has 2 amide bonds. The first-order valence-corrected chi connectivity index (χ1v) is 9.57. The van der Waals surface area contributed by atoms with E-state index in [1.54, 1.807) is 30.5 Å². The van der Waals surface area contributed by atoms with E-state index in [2.05, 4.69) is 10.3 Å². The highest BCUT2D eigenvalue weighted by Gasteiger charge is 2.53. The molecule has 1 N–H and O–H groups in total. The summed E-state index contributed by atoms with van der Waals surface area (Å²) in [4.78, 5) is 42.6. The fraction of sp³-hybridized carbons (Fsp3) is 0.600. The summed E-state index contributed by atoms with van der Waals surface area (Å²) < 4.78 is 4.97. The first-order valence-electron chi connectivity index (χ1n) is 7.77. The molecule has 0 saturated carbocycles. The molecule has 1 aromatic rings. The number of nitrogens with one attached hydrogen (secondary N) is 1. The number of amides is 2. The van der Waals surface area contributed by atoms with Gasteiger partial charge in [-0.05, 0) is 27.2 Å². The van der Waals surface area contributed by atoms with Crippen molar-refractivity contribution in [1.29, 1.82) is 0 Å². The zero-order chi connectivity index (χ0) is 17.5. The smallest absolute Gasteiger partial charge is 0.350 e. The van der Waals surface area contributed by atoms with Crippen LogP contribution in [0.25, 0.3) is 0 Å². The molecule has 24 heavy (non-hydrogen) atoms. The largest absolute Gasteiger partial charge is 0.462 e. The van der Waals surface area contributed by atoms with Crippen molar-refractivity contribution >= 4 is 46.0 Å². The van der Waals surface area contributed by atoms with Crippen molar-refractivity contribution in [2.45, 2.75) is 44.5 Å². The molecule has 2 fully saturated rings. The quantitative estimate of drug-likeness (QED) is 0.817. The van der Waals surface area contributed by atoms with Crippen LogP contribution in [-0.2, 0) is 14.3 Å². The van der Waals surface area contributed by atoms with Crippen LogP contribution in [0.4, 0.5) is 5.13 Å². The molecule has 0 spiro atoms. The number of hydrogen-bond acceptors (Lipinski definition) is 7. The Morgan fingerprint density at radius 2 is 2.25 bits per heavy atom. The molecule has 3 rings (SSSR count). The standard InChI is InChI=1S/C15H19N3O4S2/c1-4-22-13(21)11-8(2)16-14(24-11)17-12(20)9-7-23-15(3)6-5-10(19)18(9)15/h9H,4-7H2,1-3H3,(H,16,17,20)/t9-,15-/m1/s1. The summed E-state index contributed by atoms with van der Waals surface area (Å²) in [5, 5.41) is 3.10. The molecule has 2 saturated heterocycles. The highest BCUT2D eigenvalue weighted by Crippen LogP contribution is 2.47. The molecule has 2 aliphatic rings. The van der Waals surface area contributed by atoms with Gasteiger partial charge >= 0.3 is 5.97 Å². The Balaban J connectivity index is 1.73. The second-order valence-electron chi connectivity index (χ2n) is 5.91. The molecule has 0 aliphatic carbocycles. The van der Waals surface area contributed by atoms with Crippen molar-refractivity contribution in [3.05, 3.63) is 10.6 Å². The number of hydrogen-bond donors (Lipinski definition) is 1. The van der Waals surface area contributed by atoms with Crippen LogP contribution in [-0.4, -0.2) is 50.9 Å². The second-order valence-corrected chi connectivity index (χ2v) is 8.41. The monoisotopic (exact) mass is 369 g/mol. The second kappa shape index (κ2) is 6.36. The number of rotatable bonds is 4. The number of aromatic nitrogens is 1. The van der Waals surface area contributed by atoms with Gasteiger partial charge in [0.2, 0.25) is 11.8 Å². The number of thioether (sulfide) groups is 1. The van der Waals surface area contributed by atoms with E-state index >= 15 is 0 Å². The minimum atomic E-state index is -0.495. The Hall–Kier alpha value is -1.61. The fourth-order valence-corrected chi connectivity index (χ4v) is 5.33. The Morgan fingerprint density at radius 3 is 2.96 bits per heavy atom. The van der Waals surface area contributed by atoms with E-state index in [1.165, 1.54) is 0 Å². The molecule has 3 heterocycles. The lowest BCUT2D eigenvalue weighted by atomic mass is 10.2.